The zero-order valence-corrected chi connectivity index (χ0v) is 13.0. The zero-order valence-electron chi connectivity index (χ0n) is 13.0. The summed E-state index contributed by atoms with van der Waals surface area (Å²) in [7, 11) is 0. The molecule has 0 fully saturated rings. The van der Waals surface area contributed by atoms with Gasteiger partial charge in [-0.15, -0.1) is 0 Å². The van der Waals surface area contributed by atoms with Crippen molar-refractivity contribution in [3.8, 4) is 0 Å². The number of carboxylic acids is 1. The normalized spacial score (nSPS) is 12.3. The van der Waals surface area contributed by atoms with Gasteiger partial charge in [0.25, 0.3) is 5.56 Å². The Kier molecular flexibility index (Phi) is 5.10. The number of hydrogen-bond acceptors (Lipinski definition) is 4. The van der Waals surface area contributed by atoms with Crippen molar-refractivity contribution in [3.05, 3.63) is 40.9 Å². The smallest absolute Gasteiger partial charge is 0.322 e. The predicted octanol–water partition coefficient (Wildman–Crippen LogP) is 1.18. The lowest BCUT2D eigenvalue weighted by Gasteiger charge is -2.20. The molecule has 0 saturated carbocycles. The number of aliphatic carboxylic acids is 1. The third-order valence-corrected chi connectivity index (χ3v) is 3.44. The first kappa shape index (κ1) is 16.7. The van der Waals surface area contributed by atoms with Gasteiger partial charge in [-0.1, -0.05) is 26.0 Å². The van der Waals surface area contributed by atoms with Crippen molar-refractivity contribution < 1.29 is 14.7 Å². The van der Waals surface area contributed by atoms with E-state index in [0.29, 0.717) is 17.3 Å². The molecule has 2 N–H and O–H groups in total. The van der Waals surface area contributed by atoms with Gasteiger partial charge in [-0.3, -0.25) is 19.0 Å². The number of nitrogens with zero attached hydrogens (tertiary/aromatic N) is 2. The molecule has 7 nitrogen and oxygen atoms in total. The number of benzene rings is 1. The molecule has 0 aliphatic carbocycles. The number of para-hydroxylation sites is 1. The number of rotatable bonds is 6. The molecule has 1 amide bonds. The van der Waals surface area contributed by atoms with Gasteiger partial charge in [0, 0.05) is 0 Å². The molecule has 0 radical (unpaired) electrons. The molecule has 7 heteroatoms. The fraction of sp³-hybridized carbons (Fsp3) is 0.375. The van der Waals surface area contributed by atoms with E-state index in [0.717, 1.165) is 0 Å². The van der Waals surface area contributed by atoms with Crippen LogP contribution in [0.2, 0.25) is 0 Å². The number of carboxylic acid groups (broad SMARTS) is 1. The fourth-order valence-electron chi connectivity index (χ4n) is 2.38. The molecular weight excluding hydrogens is 298 g/mol. The third kappa shape index (κ3) is 3.94. The van der Waals surface area contributed by atoms with Crippen LogP contribution in [0.25, 0.3) is 10.9 Å². The molecule has 0 bridgehead atoms. The maximum Gasteiger partial charge on any atom is 0.322 e. The van der Waals surface area contributed by atoms with E-state index < -0.39 is 24.5 Å². The molecule has 2 rings (SSSR count). The van der Waals surface area contributed by atoms with E-state index in [2.05, 4.69) is 10.3 Å². The monoisotopic (exact) mass is 317 g/mol. The molecule has 1 heterocycles. The van der Waals surface area contributed by atoms with Crippen molar-refractivity contribution >= 4 is 22.8 Å². The molecule has 1 aromatic heterocycles. The van der Waals surface area contributed by atoms with Crippen molar-refractivity contribution in [2.45, 2.75) is 26.3 Å². The summed E-state index contributed by atoms with van der Waals surface area (Å²) in [6, 6.07) is 6.10. The Morgan fingerprint density at radius 3 is 2.65 bits per heavy atom. The molecule has 122 valence electrons. The predicted molar refractivity (Wildman–Crippen MR) is 85.1 cm³/mol. The minimum atomic E-state index is -1.13. The Morgan fingerprint density at radius 1 is 1.30 bits per heavy atom. The molecule has 1 aromatic carbocycles. The largest absolute Gasteiger partial charge is 0.480 e. The van der Waals surface area contributed by atoms with Crippen molar-refractivity contribution in [1.82, 2.24) is 14.9 Å². The highest BCUT2D eigenvalue weighted by Gasteiger charge is 2.24. The number of aromatic nitrogens is 2. The second kappa shape index (κ2) is 7.04. The molecule has 0 aliphatic rings. The topological polar surface area (TPSA) is 101 Å². The number of fused-ring (bicyclic) bond motifs is 1. The average Bonchev–Trinajstić information content (AvgIpc) is 2.51. The lowest BCUT2D eigenvalue weighted by atomic mass is 10.0. The summed E-state index contributed by atoms with van der Waals surface area (Å²) < 4.78 is 1.28. The molecular formula is C16H19N3O4. The van der Waals surface area contributed by atoms with E-state index in [4.69, 9.17) is 5.11 Å². The van der Waals surface area contributed by atoms with Gasteiger partial charge >= 0.3 is 5.97 Å². The summed E-state index contributed by atoms with van der Waals surface area (Å²) in [4.78, 5) is 39.8. The van der Waals surface area contributed by atoms with Crippen LogP contribution < -0.4 is 10.9 Å². The van der Waals surface area contributed by atoms with Gasteiger partial charge in [0.05, 0.1) is 17.2 Å². The van der Waals surface area contributed by atoms with Gasteiger partial charge in [-0.2, -0.15) is 0 Å². The molecule has 0 aliphatic heterocycles. The summed E-state index contributed by atoms with van der Waals surface area (Å²) in [5.41, 5.74) is 0.245. The van der Waals surface area contributed by atoms with Crippen LogP contribution in [0.4, 0.5) is 0 Å². The van der Waals surface area contributed by atoms with Gasteiger partial charge in [0.2, 0.25) is 5.91 Å². The van der Waals surface area contributed by atoms with Crippen LogP contribution in [0.1, 0.15) is 26.3 Å². The average molecular weight is 317 g/mol. The molecule has 2 aromatic rings. The first-order valence-electron chi connectivity index (χ1n) is 7.35. The fourth-order valence-corrected chi connectivity index (χ4v) is 2.38. The molecule has 0 spiro atoms. The van der Waals surface area contributed by atoms with Crippen LogP contribution in [-0.4, -0.2) is 33.1 Å². The van der Waals surface area contributed by atoms with Crippen LogP contribution in [0.15, 0.2) is 35.4 Å². The lowest BCUT2D eigenvalue weighted by Crippen LogP contribution is -2.40. The highest BCUT2D eigenvalue weighted by Crippen LogP contribution is 2.17. The Bertz CT molecular complexity index is 782. The zero-order chi connectivity index (χ0) is 17.0. The van der Waals surface area contributed by atoms with Gasteiger partial charge in [0.15, 0.2) is 0 Å². The van der Waals surface area contributed by atoms with Gasteiger partial charge in [-0.05, 0) is 24.5 Å². The van der Waals surface area contributed by atoms with Crippen LogP contribution in [0.3, 0.4) is 0 Å². The second-order valence-corrected chi connectivity index (χ2v) is 5.73. The van der Waals surface area contributed by atoms with Crippen molar-refractivity contribution in [2.24, 2.45) is 5.92 Å². The van der Waals surface area contributed by atoms with E-state index in [1.54, 1.807) is 24.3 Å². The summed E-state index contributed by atoms with van der Waals surface area (Å²) >= 11 is 0. The van der Waals surface area contributed by atoms with Gasteiger partial charge in [0.1, 0.15) is 12.6 Å². The van der Waals surface area contributed by atoms with E-state index in [1.807, 2.05) is 13.8 Å². The SMILES string of the molecule is CC(C)C[C@@H](C(=O)NCC(=O)O)n1cnc2ccccc2c1=O. The van der Waals surface area contributed by atoms with Crippen LogP contribution >= 0.6 is 0 Å². The number of nitrogens with one attached hydrogen (secondary N) is 1. The Morgan fingerprint density at radius 2 is 2.00 bits per heavy atom. The van der Waals surface area contributed by atoms with E-state index in [1.165, 1.54) is 10.9 Å². The van der Waals surface area contributed by atoms with Gasteiger partial charge in [-0.25, -0.2) is 4.98 Å². The number of carbonyl (C=O) groups is 2. The lowest BCUT2D eigenvalue weighted by molar-refractivity contribution is -0.138. The molecule has 0 unspecified atom stereocenters. The second-order valence-electron chi connectivity index (χ2n) is 5.73. The minimum Gasteiger partial charge on any atom is -0.480 e. The molecule has 23 heavy (non-hydrogen) atoms. The third-order valence-electron chi connectivity index (χ3n) is 3.44. The van der Waals surface area contributed by atoms with E-state index in [-0.39, 0.29) is 11.5 Å². The quantitative estimate of drug-likeness (QED) is 0.833. The van der Waals surface area contributed by atoms with E-state index in [9.17, 15) is 14.4 Å². The maximum absolute atomic E-state index is 12.6. The molecule has 1 atom stereocenters. The number of carbonyl (C=O) groups excluding carboxylic acids is 1. The number of amides is 1. The maximum atomic E-state index is 12.6. The van der Waals surface area contributed by atoms with Crippen molar-refractivity contribution in [1.29, 1.82) is 0 Å². The minimum absolute atomic E-state index is 0.147. The van der Waals surface area contributed by atoms with E-state index >= 15 is 0 Å². The Hall–Kier alpha value is -2.70. The highest BCUT2D eigenvalue weighted by molar-refractivity contribution is 5.84. The van der Waals surface area contributed by atoms with Crippen LogP contribution in [0.5, 0.6) is 0 Å². The summed E-state index contributed by atoms with van der Waals surface area (Å²) in [5.74, 6) is -1.49. The summed E-state index contributed by atoms with van der Waals surface area (Å²) in [6.07, 6.45) is 1.75. The summed E-state index contributed by atoms with van der Waals surface area (Å²) in [6.45, 7) is 3.37. The van der Waals surface area contributed by atoms with Crippen LogP contribution in [0, 0.1) is 5.92 Å². The highest BCUT2D eigenvalue weighted by atomic mass is 16.4. The van der Waals surface area contributed by atoms with Crippen LogP contribution in [-0.2, 0) is 9.59 Å². The molecule has 0 saturated heterocycles. The van der Waals surface area contributed by atoms with Crippen molar-refractivity contribution in [3.63, 3.8) is 0 Å². The first-order chi connectivity index (χ1) is 10.9. The standard InChI is InChI=1S/C16H19N3O4/c1-10(2)7-13(15(22)17-8-14(20)21)19-9-18-12-6-4-3-5-11(12)16(19)23/h3-6,9-10,13H,7-8H2,1-2H3,(H,17,22)(H,20,21)/t13-/m0/s1. The number of hydrogen-bond donors (Lipinski definition) is 2. The Labute approximate surface area is 133 Å². The summed E-state index contributed by atoms with van der Waals surface area (Å²) in [5, 5.41) is 11.5. The first-order valence-corrected chi connectivity index (χ1v) is 7.35. The van der Waals surface area contributed by atoms with Crippen molar-refractivity contribution in [2.75, 3.05) is 6.54 Å². The Balaban J connectivity index is 2.43. The van der Waals surface area contributed by atoms with Gasteiger partial charge < -0.3 is 10.4 Å².